The van der Waals surface area contributed by atoms with E-state index in [-0.39, 0.29) is 11.5 Å². The summed E-state index contributed by atoms with van der Waals surface area (Å²) in [4.78, 5) is 23.6. The Labute approximate surface area is 176 Å². The van der Waals surface area contributed by atoms with Gasteiger partial charge in [-0.15, -0.1) is 0 Å². The second kappa shape index (κ2) is 10.7. The number of anilines is 2. The van der Waals surface area contributed by atoms with E-state index in [1.54, 1.807) is 49.6 Å². The number of nitriles is 1. The first kappa shape index (κ1) is 22.5. The van der Waals surface area contributed by atoms with Gasteiger partial charge in [-0.05, 0) is 54.0 Å². The van der Waals surface area contributed by atoms with E-state index < -0.39 is 5.91 Å². The SMILES string of the molecule is COc1ccc(/C=C(\C#N)C(=O)Nc2ccc(NC(C)=O)cc2)cc1OCC(C)C. The average molecular weight is 407 g/mol. The van der Waals surface area contributed by atoms with Gasteiger partial charge in [0, 0.05) is 18.3 Å². The van der Waals surface area contributed by atoms with Crippen molar-refractivity contribution >= 4 is 29.3 Å². The van der Waals surface area contributed by atoms with Gasteiger partial charge < -0.3 is 20.1 Å². The van der Waals surface area contributed by atoms with E-state index in [1.165, 1.54) is 13.0 Å². The molecule has 30 heavy (non-hydrogen) atoms. The maximum Gasteiger partial charge on any atom is 0.266 e. The van der Waals surface area contributed by atoms with E-state index in [2.05, 4.69) is 10.6 Å². The number of nitrogens with zero attached hydrogens (tertiary/aromatic N) is 1. The van der Waals surface area contributed by atoms with Crippen LogP contribution in [0.15, 0.2) is 48.0 Å². The molecule has 0 atom stereocenters. The molecule has 0 aliphatic rings. The van der Waals surface area contributed by atoms with Crippen molar-refractivity contribution in [3.8, 4) is 17.6 Å². The molecule has 0 heterocycles. The molecule has 0 unspecified atom stereocenters. The molecule has 2 amide bonds. The Kier molecular flexibility index (Phi) is 8.00. The van der Waals surface area contributed by atoms with Crippen LogP contribution in [-0.4, -0.2) is 25.5 Å². The zero-order valence-electron chi connectivity index (χ0n) is 17.5. The highest BCUT2D eigenvalue weighted by molar-refractivity contribution is 6.09. The molecular weight excluding hydrogens is 382 g/mol. The lowest BCUT2D eigenvalue weighted by Crippen LogP contribution is -2.13. The van der Waals surface area contributed by atoms with Crippen LogP contribution in [0.4, 0.5) is 11.4 Å². The predicted octanol–water partition coefficient (Wildman–Crippen LogP) is 4.23. The lowest BCUT2D eigenvalue weighted by atomic mass is 10.1. The second-order valence-electron chi connectivity index (χ2n) is 7.00. The van der Waals surface area contributed by atoms with Crippen molar-refractivity contribution in [2.75, 3.05) is 24.4 Å². The molecule has 7 nitrogen and oxygen atoms in total. The van der Waals surface area contributed by atoms with Gasteiger partial charge in [-0.3, -0.25) is 9.59 Å². The van der Waals surface area contributed by atoms with Gasteiger partial charge in [0.25, 0.3) is 5.91 Å². The first-order valence-electron chi connectivity index (χ1n) is 9.44. The van der Waals surface area contributed by atoms with E-state index in [0.29, 0.717) is 41.0 Å². The van der Waals surface area contributed by atoms with Crippen molar-refractivity contribution in [3.05, 3.63) is 53.6 Å². The third-order valence-electron chi connectivity index (χ3n) is 3.90. The van der Waals surface area contributed by atoms with E-state index in [9.17, 15) is 14.9 Å². The number of ether oxygens (including phenoxy) is 2. The standard InChI is InChI=1S/C23H25N3O4/c1-15(2)14-30-22-12-17(5-10-21(22)29-4)11-18(13-24)23(28)26-20-8-6-19(7-9-20)25-16(3)27/h5-12,15H,14H2,1-4H3,(H,25,27)(H,26,28)/b18-11+. The number of carbonyl (C=O) groups is 2. The molecule has 0 aromatic heterocycles. The number of hydrogen-bond acceptors (Lipinski definition) is 5. The minimum atomic E-state index is -0.537. The molecule has 0 fully saturated rings. The summed E-state index contributed by atoms with van der Waals surface area (Å²) in [5.41, 5.74) is 1.71. The van der Waals surface area contributed by atoms with Gasteiger partial charge in [-0.2, -0.15) is 5.26 Å². The average Bonchev–Trinajstić information content (AvgIpc) is 2.71. The van der Waals surface area contributed by atoms with Crippen LogP contribution in [0.1, 0.15) is 26.3 Å². The fraction of sp³-hybridized carbons (Fsp3) is 0.261. The van der Waals surface area contributed by atoms with E-state index >= 15 is 0 Å². The van der Waals surface area contributed by atoms with Crippen LogP contribution in [0.25, 0.3) is 6.08 Å². The molecule has 156 valence electrons. The molecule has 0 aliphatic carbocycles. The fourth-order valence-electron chi connectivity index (χ4n) is 2.51. The lowest BCUT2D eigenvalue weighted by molar-refractivity contribution is -0.114. The van der Waals surface area contributed by atoms with Crippen LogP contribution < -0.4 is 20.1 Å². The van der Waals surface area contributed by atoms with Crippen LogP contribution >= 0.6 is 0 Å². The molecule has 7 heteroatoms. The highest BCUT2D eigenvalue weighted by Gasteiger charge is 2.12. The van der Waals surface area contributed by atoms with Crippen molar-refractivity contribution < 1.29 is 19.1 Å². The summed E-state index contributed by atoms with van der Waals surface area (Å²) >= 11 is 0. The number of amides is 2. The zero-order chi connectivity index (χ0) is 22.1. The van der Waals surface area contributed by atoms with Gasteiger partial charge >= 0.3 is 0 Å². The minimum absolute atomic E-state index is 0.0547. The Morgan fingerprint density at radius 3 is 2.23 bits per heavy atom. The van der Waals surface area contributed by atoms with E-state index in [1.807, 2.05) is 19.9 Å². The van der Waals surface area contributed by atoms with Crippen LogP contribution in [-0.2, 0) is 9.59 Å². The number of benzene rings is 2. The number of carbonyl (C=O) groups excluding carboxylic acids is 2. The minimum Gasteiger partial charge on any atom is -0.493 e. The van der Waals surface area contributed by atoms with Crippen LogP contribution in [0.3, 0.4) is 0 Å². The third-order valence-corrected chi connectivity index (χ3v) is 3.90. The quantitative estimate of drug-likeness (QED) is 0.504. The summed E-state index contributed by atoms with van der Waals surface area (Å²) < 4.78 is 11.1. The smallest absolute Gasteiger partial charge is 0.266 e. The molecule has 2 N–H and O–H groups in total. The highest BCUT2D eigenvalue weighted by Crippen LogP contribution is 2.29. The maximum atomic E-state index is 12.5. The second-order valence-corrected chi connectivity index (χ2v) is 7.00. The molecule has 0 aliphatic heterocycles. The Morgan fingerprint density at radius 2 is 1.70 bits per heavy atom. The highest BCUT2D eigenvalue weighted by atomic mass is 16.5. The lowest BCUT2D eigenvalue weighted by Gasteiger charge is -2.13. The molecular formula is C23H25N3O4. The van der Waals surface area contributed by atoms with Crippen molar-refractivity contribution in [2.24, 2.45) is 5.92 Å². The molecule has 0 saturated carbocycles. The molecule has 0 bridgehead atoms. The van der Waals surface area contributed by atoms with Crippen LogP contribution in [0.2, 0.25) is 0 Å². The first-order valence-corrected chi connectivity index (χ1v) is 9.44. The normalized spacial score (nSPS) is 10.9. The van der Waals surface area contributed by atoms with E-state index in [4.69, 9.17) is 9.47 Å². The Balaban J connectivity index is 2.17. The maximum absolute atomic E-state index is 12.5. The van der Waals surface area contributed by atoms with Crippen LogP contribution in [0.5, 0.6) is 11.5 Å². The molecule has 0 saturated heterocycles. The van der Waals surface area contributed by atoms with Gasteiger partial charge in [-0.25, -0.2) is 0 Å². The Bertz CT molecular complexity index is 973. The summed E-state index contributed by atoms with van der Waals surface area (Å²) in [6.45, 7) is 6.01. The first-order chi connectivity index (χ1) is 14.3. The van der Waals surface area contributed by atoms with Gasteiger partial charge in [0.1, 0.15) is 11.6 Å². The summed E-state index contributed by atoms with van der Waals surface area (Å²) in [6, 6.07) is 13.7. The number of methoxy groups -OCH3 is 1. The van der Waals surface area contributed by atoms with Crippen molar-refractivity contribution in [1.82, 2.24) is 0 Å². The Hall–Kier alpha value is -3.79. The Morgan fingerprint density at radius 1 is 1.07 bits per heavy atom. The number of nitrogens with one attached hydrogen (secondary N) is 2. The van der Waals surface area contributed by atoms with Crippen molar-refractivity contribution in [3.63, 3.8) is 0 Å². The van der Waals surface area contributed by atoms with Gasteiger partial charge in [0.05, 0.1) is 13.7 Å². The van der Waals surface area contributed by atoms with Gasteiger partial charge in [-0.1, -0.05) is 19.9 Å². The van der Waals surface area contributed by atoms with Crippen molar-refractivity contribution in [2.45, 2.75) is 20.8 Å². The number of rotatable bonds is 8. The molecule has 2 rings (SSSR count). The van der Waals surface area contributed by atoms with Gasteiger partial charge in [0.15, 0.2) is 11.5 Å². The monoisotopic (exact) mass is 407 g/mol. The zero-order valence-corrected chi connectivity index (χ0v) is 17.5. The molecule has 0 radical (unpaired) electrons. The number of hydrogen-bond donors (Lipinski definition) is 2. The van der Waals surface area contributed by atoms with E-state index in [0.717, 1.165) is 0 Å². The summed E-state index contributed by atoms with van der Waals surface area (Å²) in [6.07, 6.45) is 1.49. The third kappa shape index (κ3) is 6.67. The van der Waals surface area contributed by atoms with Crippen LogP contribution in [0, 0.1) is 17.2 Å². The fourth-order valence-corrected chi connectivity index (χ4v) is 2.51. The van der Waals surface area contributed by atoms with Crippen molar-refractivity contribution in [1.29, 1.82) is 5.26 Å². The predicted molar refractivity (Wildman–Crippen MR) is 116 cm³/mol. The summed E-state index contributed by atoms with van der Waals surface area (Å²) in [7, 11) is 1.55. The molecule has 2 aromatic carbocycles. The van der Waals surface area contributed by atoms with Gasteiger partial charge in [0.2, 0.25) is 5.91 Å². The largest absolute Gasteiger partial charge is 0.493 e. The molecule has 2 aromatic rings. The molecule has 0 spiro atoms. The summed E-state index contributed by atoms with van der Waals surface area (Å²) in [5.74, 6) is 0.746. The topological polar surface area (TPSA) is 100 Å². The summed E-state index contributed by atoms with van der Waals surface area (Å²) in [5, 5.41) is 14.8.